The molecule has 17 heavy (non-hydrogen) atoms. The quantitative estimate of drug-likeness (QED) is 0.728. The van der Waals surface area contributed by atoms with E-state index >= 15 is 0 Å². The minimum Gasteiger partial charge on any atom is -0.339 e. The van der Waals surface area contributed by atoms with E-state index in [0.29, 0.717) is 5.56 Å². The van der Waals surface area contributed by atoms with Gasteiger partial charge in [-0.15, -0.1) is 0 Å². The van der Waals surface area contributed by atoms with Crippen molar-refractivity contribution in [3.05, 3.63) is 24.0 Å². The Morgan fingerprint density at radius 1 is 1.53 bits per heavy atom. The van der Waals surface area contributed by atoms with Gasteiger partial charge in [0, 0.05) is 13.1 Å². The second-order valence-corrected chi connectivity index (χ2v) is 5.28. The molecular formula is C12H19N3OS. The van der Waals surface area contributed by atoms with Gasteiger partial charge < -0.3 is 4.90 Å². The number of carbonyl (C=O) groups is 1. The second-order valence-electron chi connectivity index (χ2n) is 3.88. The SMILES string of the molecule is CCSCCC(C)N(C)C(=O)c1ccnnc1. The summed E-state index contributed by atoms with van der Waals surface area (Å²) in [7, 11) is 1.84. The predicted octanol–water partition coefficient (Wildman–Crippen LogP) is 2.08. The zero-order valence-electron chi connectivity index (χ0n) is 10.6. The lowest BCUT2D eigenvalue weighted by Gasteiger charge is -2.24. The molecule has 1 aromatic rings. The van der Waals surface area contributed by atoms with Crippen LogP contribution in [-0.4, -0.2) is 45.6 Å². The van der Waals surface area contributed by atoms with Gasteiger partial charge >= 0.3 is 0 Å². The second kappa shape index (κ2) is 7.27. The Hall–Kier alpha value is -1.10. The Morgan fingerprint density at radius 3 is 2.88 bits per heavy atom. The first-order valence-electron chi connectivity index (χ1n) is 5.78. The maximum Gasteiger partial charge on any atom is 0.255 e. The molecule has 0 radical (unpaired) electrons. The molecule has 0 bridgehead atoms. The zero-order valence-corrected chi connectivity index (χ0v) is 11.4. The van der Waals surface area contributed by atoms with Gasteiger partial charge in [0.25, 0.3) is 5.91 Å². The number of carbonyl (C=O) groups excluding carboxylic acids is 1. The maximum atomic E-state index is 12.1. The van der Waals surface area contributed by atoms with Gasteiger partial charge in [-0.3, -0.25) is 4.79 Å². The molecule has 0 aromatic carbocycles. The van der Waals surface area contributed by atoms with Crippen molar-refractivity contribution in [2.45, 2.75) is 26.3 Å². The maximum absolute atomic E-state index is 12.1. The van der Waals surface area contributed by atoms with E-state index in [9.17, 15) is 4.79 Å². The molecule has 4 nitrogen and oxygen atoms in total. The van der Waals surface area contributed by atoms with Gasteiger partial charge in [0.1, 0.15) is 0 Å². The molecule has 0 spiro atoms. The molecule has 0 aliphatic heterocycles. The topological polar surface area (TPSA) is 46.1 Å². The third-order valence-electron chi connectivity index (χ3n) is 2.70. The zero-order chi connectivity index (χ0) is 12.7. The van der Waals surface area contributed by atoms with Gasteiger partial charge in [-0.25, -0.2) is 0 Å². The Bertz CT molecular complexity index is 345. The van der Waals surface area contributed by atoms with E-state index < -0.39 is 0 Å². The van der Waals surface area contributed by atoms with Crippen molar-refractivity contribution in [3.63, 3.8) is 0 Å². The van der Waals surface area contributed by atoms with Gasteiger partial charge in [0.15, 0.2) is 0 Å². The molecule has 1 heterocycles. The van der Waals surface area contributed by atoms with Crippen molar-refractivity contribution in [1.82, 2.24) is 15.1 Å². The fraction of sp³-hybridized carbons (Fsp3) is 0.583. The summed E-state index contributed by atoms with van der Waals surface area (Å²) >= 11 is 1.90. The van der Waals surface area contributed by atoms with Gasteiger partial charge in [-0.05, 0) is 30.9 Å². The molecule has 0 N–H and O–H groups in total. The number of nitrogens with zero attached hydrogens (tertiary/aromatic N) is 3. The number of hydrogen-bond donors (Lipinski definition) is 0. The first kappa shape index (κ1) is 14.0. The van der Waals surface area contributed by atoms with E-state index in [1.165, 1.54) is 6.20 Å². The van der Waals surface area contributed by atoms with Crippen LogP contribution in [0.4, 0.5) is 0 Å². The van der Waals surface area contributed by atoms with Crippen LogP contribution in [0.3, 0.4) is 0 Å². The highest BCUT2D eigenvalue weighted by molar-refractivity contribution is 7.99. The predicted molar refractivity (Wildman–Crippen MR) is 71.2 cm³/mol. The summed E-state index contributed by atoms with van der Waals surface area (Å²) in [6, 6.07) is 1.94. The Morgan fingerprint density at radius 2 is 2.29 bits per heavy atom. The van der Waals surface area contributed by atoms with E-state index in [4.69, 9.17) is 0 Å². The molecule has 1 unspecified atom stereocenters. The van der Waals surface area contributed by atoms with Gasteiger partial charge in [-0.2, -0.15) is 22.0 Å². The normalized spacial score (nSPS) is 12.2. The van der Waals surface area contributed by atoms with Crippen molar-refractivity contribution < 1.29 is 4.79 Å². The van der Waals surface area contributed by atoms with E-state index in [1.54, 1.807) is 17.2 Å². The molecular weight excluding hydrogens is 234 g/mol. The molecule has 1 rings (SSSR count). The minimum absolute atomic E-state index is 0.00824. The van der Waals surface area contributed by atoms with Crippen molar-refractivity contribution in [1.29, 1.82) is 0 Å². The summed E-state index contributed by atoms with van der Waals surface area (Å²) in [6.45, 7) is 4.22. The van der Waals surface area contributed by atoms with Crippen molar-refractivity contribution >= 4 is 17.7 Å². The Labute approximate surface area is 107 Å². The number of aromatic nitrogens is 2. The molecule has 0 aliphatic rings. The summed E-state index contributed by atoms with van der Waals surface area (Å²) in [6.07, 6.45) is 4.06. The van der Waals surface area contributed by atoms with E-state index in [1.807, 2.05) is 18.8 Å². The Kier molecular flexibility index (Phi) is 5.97. The lowest BCUT2D eigenvalue weighted by molar-refractivity contribution is 0.0740. The molecule has 5 heteroatoms. The van der Waals surface area contributed by atoms with Crippen LogP contribution < -0.4 is 0 Å². The molecule has 0 saturated heterocycles. The van der Waals surface area contributed by atoms with Crippen LogP contribution in [0.25, 0.3) is 0 Å². The van der Waals surface area contributed by atoms with Crippen molar-refractivity contribution in [2.24, 2.45) is 0 Å². The lowest BCUT2D eigenvalue weighted by atomic mass is 10.2. The van der Waals surface area contributed by atoms with Gasteiger partial charge in [0.2, 0.25) is 0 Å². The summed E-state index contributed by atoms with van der Waals surface area (Å²) in [5.41, 5.74) is 0.595. The number of amides is 1. The highest BCUT2D eigenvalue weighted by Crippen LogP contribution is 2.11. The average Bonchev–Trinajstić information content (AvgIpc) is 2.38. The molecule has 0 saturated carbocycles. The minimum atomic E-state index is 0.00824. The van der Waals surface area contributed by atoms with E-state index in [0.717, 1.165) is 17.9 Å². The summed E-state index contributed by atoms with van der Waals surface area (Å²) in [5, 5.41) is 7.39. The van der Waals surface area contributed by atoms with Gasteiger partial charge in [0.05, 0.1) is 18.0 Å². The first-order chi connectivity index (χ1) is 8.16. The molecule has 0 fully saturated rings. The largest absolute Gasteiger partial charge is 0.339 e. The van der Waals surface area contributed by atoms with Crippen molar-refractivity contribution in [3.8, 4) is 0 Å². The molecule has 0 aliphatic carbocycles. The van der Waals surface area contributed by atoms with Crippen LogP contribution in [-0.2, 0) is 0 Å². The van der Waals surface area contributed by atoms with Crippen LogP contribution in [0.2, 0.25) is 0 Å². The highest BCUT2D eigenvalue weighted by Gasteiger charge is 2.17. The van der Waals surface area contributed by atoms with Crippen molar-refractivity contribution in [2.75, 3.05) is 18.6 Å². The van der Waals surface area contributed by atoms with Crippen LogP contribution in [0.5, 0.6) is 0 Å². The summed E-state index contributed by atoms with van der Waals surface area (Å²) < 4.78 is 0. The third kappa shape index (κ3) is 4.34. The van der Waals surface area contributed by atoms with E-state index in [-0.39, 0.29) is 11.9 Å². The molecule has 1 atom stereocenters. The van der Waals surface area contributed by atoms with Crippen LogP contribution in [0.1, 0.15) is 30.6 Å². The first-order valence-corrected chi connectivity index (χ1v) is 6.93. The standard InChI is InChI=1S/C12H19N3OS/c1-4-17-8-6-10(2)15(3)12(16)11-5-7-13-14-9-11/h5,7,9-10H,4,6,8H2,1-3H3. The summed E-state index contributed by atoms with van der Waals surface area (Å²) in [5.74, 6) is 2.22. The van der Waals surface area contributed by atoms with Crippen LogP contribution >= 0.6 is 11.8 Å². The molecule has 1 aromatic heterocycles. The van der Waals surface area contributed by atoms with Gasteiger partial charge in [-0.1, -0.05) is 6.92 Å². The van der Waals surface area contributed by atoms with Crippen LogP contribution in [0, 0.1) is 0 Å². The monoisotopic (exact) mass is 253 g/mol. The Balaban J connectivity index is 2.51. The fourth-order valence-corrected chi connectivity index (χ4v) is 2.21. The van der Waals surface area contributed by atoms with E-state index in [2.05, 4.69) is 24.0 Å². The average molecular weight is 253 g/mol. The fourth-order valence-electron chi connectivity index (χ4n) is 1.41. The highest BCUT2D eigenvalue weighted by atomic mass is 32.2. The molecule has 94 valence electrons. The lowest BCUT2D eigenvalue weighted by Crippen LogP contribution is -2.35. The number of rotatable bonds is 6. The molecule has 1 amide bonds. The number of hydrogen-bond acceptors (Lipinski definition) is 4. The number of thioether (sulfide) groups is 1. The summed E-state index contributed by atoms with van der Waals surface area (Å²) in [4.78, 5) is 13.8. The third-order valence-corrected chi connectivity index (χ3v) is 3.63. The smallest absolute Gasteiger partial charge is 0.255 e. The van der Waals surface area contributed by atoms with Crippen LogP contribution in [0.15, 0.2) is 18.5 Å².